The van der Waals surface area contributed by atoms with E-state index in [-0.39, 0.29) is 0 Å². The standard InChI is InChI=1S/C35H26ClN5O/c36-31-20-29(9-10-34(31)42-30-7-2-1-3-8-30)41-32-13-16-40-33-19-27(18-28(21-37)35(32)33)26-6-4-5-25(17-26)23-39-22-24-11-14-38-15-12-24/h1-20,39H,22-23H2,(H,40,41). The van der Waals surface area contributed by atoms with Gasteiger partial charge < -0.3 is 15.4 Å². The van der Waals surface area contributed by atoms with E-state index >= 15 is 0 Å². The van der Waals surface area contributed by atoms with Gasteiger partial charge in [0.2, 0.25) is 0 Å². The van der Waals surface area contributed by atoms with Crippen molar-refractivity contribution in [1.82, 2.24) is 15.3 Å². The molecule has 204 valence electrons. The van der Waals surface area contributed by atoms with Gasteiger partial charge in [0.05, 0.1) is 27.9 Å². The number of pyridine rings is 2. The van der Waals surface area contributed by atoms with E-state index in [1.165, 1.54) is 5.56 Å². The summed E-state index contributed by atoms with van der Waals surface area (Å²) >= 11 is 6.55. The van der Waals surface area contributed by atoms with Gasteiger partial charge in [-0.1, -0.05) is 48.0 Å². The number of benzene rings is 4. The Labute approximate surface area is 249 Å². The number of nitriles is 1. The van der Waals surface area contributed by atoms with Crippen molar-refractivity contribution < 1.29 is 4.74 Å². The number of anilines is 2. The summed E-state index contributed by atoms with van der Waals surface area (Å²) in [6.07, 6.45) is 5.33. The third-order valence-electron chi connectivity index (χ3n) is 6.81. The molecule has 2 heterocycles. The van der Waals surface area contributed by atoms with Crippen LogP contribution in [0.2, 0.25) is 5.02 Å². The normalized spacial score (nSPS) is 10.8. The molecular weight excluding hydrogens is 542 g/mol. The molecule has 7 heteroatoms. The van der Waals surface area contributed by atoms with Gasteiger partial charge in [-0.3, -0.25) is 9.97 Å². The van der Waals surface area contributed by atoms with Crippen molar-refractivity contribution in [3.8, 4) is 28.7 Å². The number of hydrogen-bond donors (Lipinski definition) is 2. The van der Waals surface area contributed by atoms with Gasteiger partial charge in [-0.2, -0.15) is 5.26 Å². The summed E-state index contributed by atoms with van der Waals surface area (Å²) in [6.45, 7) is 1.48. The van der Waals surface area contributed by atoms with Crippen LogP contribution in [0.5, 0.6) is 11.5 Å². The summed E-state index contributed by atoms with van der Waals surface area (Å²) in [4.78, 5) is 8.68. The maximum Gasteiger partial charge on any atom is 0.146 e. The zero-order valence-electron chi connectivity index (χ0n) is 22.6. The van der Waals surface area contributed by atoms with Crippen LogP contribution in [0.3, 0.4) is 0 Å². The van der Waals surface area contributed by atoms with Gasteiger partial charge in [-0.25, -0.2) is 0 Å². The number of aromatic nitrogens is 2. The van der Waals surface area contributed by atoms with Crippen molar-refractivity contribution in [2.45, 2.75) is 13.1 Å². The van der Waals surface area contributed by atoms with Gasteiger partial charge in [0.15, 0.2) is 0 Å². The first-order valence-corrected chi connectivity index (χ1v) is 13.9. The molecular formula is C35H26ClN5O. The van der Waals surface area contributed by atoms with E-state index in [1.54, 1.807) is 24.7 Å². The van der Waals surface area contributed by atoms with Crippen LogP contribution < -0.4 is 15.4 Å². The number of nitrogens with one attached hydrogen (secondary N) is 2. The molecule has 42 heavy (non-hydrogen) atoms. The summed E-state index contributed by atoms with van der Waals surface area (Å²) in [7, 11) is 0. The van der Waals surface area contributed by atoms with Crippen LogP contribution in [-0.2, 0) is 13.1 Å². The number of fused-ring (bicyclic) bond motifs is 1. The lowest BCUT2D eigenvalue weighted by atomic mass is 9.97. The smallest absolute Gasteiger partial charge is 0.146 e. The van der Waals surface area contributed by atoms with Gasteiger partial charge in [-0.15, -0.1) is 0 Å². The summed E-state index contributed by atoms with van der Waals surface area (Å²) in [6, 6.07) is 35.5. The van der Waals surface area contributed by atoms with E-state index in [9.17, 15) is 5.26 Å². The topological polar surface area (TPSA) is 82.9 Å². The molecule has 0 spiro atoms. The number of halogens is 1. The van der Waals surface area contributed by atoms with Crippen LogP contribution in [-0.4, -0.2) is 9.97 Å². The van der Waals surface area contributed by atoms with Gasteiger partial charge in [0.1, 0.15) is 11.5 Å². The molecule has 0 aliphatic carbocycles. The Bertz CT molecular complexity index is 1890. The summed E-state index contributed by atoms with van der Waals surface area (Å²) in [5.74, 6) is 1.27. The van der Waals surface area contributed by atoms with Gasteiger partial charge in [0.25, 0.3) is 0 Å². The minimum atomic E-state index is 0.472. The van der Waals surface area contributed by atoms with E-state index in [0.717, 1.165) is 52.1 Å². The third-order valence-corrected chi connectivity index (χ3v) is 7.11. The van der Waals surface area contributed by atoms with Crippen molar-refractivity contribution in [3.63, 3.8) is 0 Å². The Morgan fingerprint density at radius 3 is 2.40 bits per heavy atom. The number of nitrogens with zero attached hydrogens (tertiary/aromatic N) is 3. The fourth-order valence-electron chi connectivity index (χ4n) is 4.79. The third kappa shape index (κ3) is 6.24. The molecule has 0 bridgehead atoms. The van der Waals surface area contributed by atoms with Crippen molar-refractivity contribution in [2.24, 2.45) is 0 Å². The number of ether oxygens (including phenoxy) is 1. The number of hydrogen-bond acceptors (Lipinski definition) is 6. The molecule has 0 saturated carbocycles. The minimum absolute atomic E-state index is 0.472. The van der Waals surface area contributed by atoms with E-state index in [1.807, 2.05) is 78.9 Å². The molecule has 0 atom stereocenters. The number of rotatable bonds is 9. The highest BCUT2D eigenvalue weighted by Crippen LogP contribution is 2.36. The molecule has 4 aromatic carbocycles. The monoisotopic (exact) mass is 567 g/mol. The van der Waals surface area contributed by atoms with Crippen LogP contribution in [0.25, 0.3) is 22.0 Å². The molecule has 6 nitrogen and oxygen atoms in total. The quantitative estimate of drug-likeness (QED) is 0.182. The predicted molar refractivity (Wildman–Crippen MR) is 168 cm³/mol. The first-order chi connectivity index (χ1) is 20.7. The van der Waals surface area contributed by atoms with Crippen LogP contribution in [0.15, 0.2) is 122 Å². The summed E-state index contributed by atoms with van der Waals surface area (Å²) in [5.41, 5.74) is 7.10. The van der Waals surface area contributed by atoms with E-state index < -0.39 is 0 Å². The zero-order chi connectivity index (χ0) is 28.7. The zero-order valence-corrected chi connectivity index (χ0v) is 23.3. The Balaban J connectivity index is 1.24. The van der Waals surface area contributed by atoms with E-state index in [4.69, 9.17) is 16.3 Å². The van der Waals surface area contributed by atoms with Crippen LogP contribution in [0, 0.1) is 11.3 Å². The first-order valence-electron chi connectivity index (χ1n) is 13.5. The van der Waals surface area contributed by atoms with Crippen LogP contribution >= 0.6 is 11.6 Å². The fourth-order valence-corrected chi connectivity index (χ4v) is 5.01. The van der Waals surface area contributed by atoms with Gasteiger partial charge >= 0.3 is 0 Å². The molecule has 0 saturated heterocycles. The molecule has 0 unspecified atom stereocenters. The molecule has 0 fully saturated rings. The highest BCUT2D eigenvalue weighted by atomic mass is 35.5. The molecule has 0 aliphatic rings. The van der Waals surface area contributed by atoms with E-state index in [2.05, 4.69) is 44.9 Å². The highest BCUT2D eigenvalue weighted by molar-refractivity contribution is 6.32. The Morgan fingerprint density at radius 2 is 1.60 bits per heavy atom. The van der Waals surface area contributed by atoms with Crippen molar-refractivity contribution >= 4 is 33.9 Å². The predicted octanol–water partition coefficient (Wildman–Crippen LogP) is 8.65. The Hall–Kier alpha value is -5.22. The Kier molecular flexibility index (Phi) is 8.05. The lowest BCUT2D eigenvalue weighted by molar-refractivity contribution is 0.483. The van der Waals surface area contributed by atoms with Gasteiger partial charge in [-0.05, 0) is 89.0 Å². The Morgan fingerprint density at radius 1 is 0.762 bits per heavy atom. The van der Waals surface area contributed by atoms with Crippen molar-refractivity contribution in [1.29, 1.82) is 5.26 Å². The highest BCUT2D eigenvalue weighted by Gasteiger charge is 2.13. The summed E-state index contributed by atoms with van der Waals surface area (Å²) in [5, 5.41) is 18.3. The lowest BCUT2D eigenvalue weighted by Crippen LogP contribution is -2.12. The van der Waals surface area contributed by atoms with Crippen LogP contribution in [0.1, 0.15) is 16.7 Å². The van der Waals surface area contributed by atoms with Crippen molar-refractivity contribution in [3.05, 3.63) is 143 Å². The second-order valence-corrected chi connectivity index (χ2v) is 10.1. The molecule has 2 aromatic heterocycles. The van der Waals surface area contributed by atoms with E-state index in [0.29, 0.717) is 22.1 Å². The van der Waals surface area contributed by atoms with Crippen LogP contribution in [0.4, 0.5) is 11.4 Å². The molecule has 6 rings (SSSR count). The molecule has 0 radical (unpaired) electrons. The fraction of sp³-hybridized carbons (Fsp3) is 0.0571. The average Bonchev–Trinajstić information content (AvgIpc) is 3.03. The number of para-hydroxylation sites is 1. The molecule has 2 N–H and O–H groups in total. The van der Waals surface area contributed by atoms with Gasteiger partial charge in [0, 0.05) is 42.8 Å². The minimum Gasteiger partial charge on any atom is -0.456 e. The molecule has 0 aliphatic heterocycles. The van der Waals surface area contributed by atoms with Crippen molar-refractivity contribution in [2.75, 3.05) is 5.32 Å². The molecule has 6 aromatic rings. The SMILES string of the molecule is N#Cc1cc(-c2cccc(CNCc3ccncc3)c2)cc2nccc(Nc3ccc(Oc4ccccc4)c(Cl)c3)c12. The average molecular weight is 568 g/mol. The second-order valence-electron chi connectivity index (χ2n) is 9.73. The maximum absolute atomic E-state index is 10.1. The summed E-state index contributed by atoms with van der Waals surface area (Å²) < 4.78 is 5.91. The lowest BCUT2D eigenvalue weighted by Gasteiger charge is -2.14. The second kappa shape index (κ2) is 12.5. The first kappa shape index (κ1) is 27.0. The molecule has 0 amide bonds. The maximum atomic E-state index is 10.1. The largest absolute Gasteiger partial charge is 0.456 e.